The van der Waals surface area contributed by atoms with Gasteiger partial charge in [-0.1, -0.05) is 17.7 Å². The number of rotatable bonds is 6. The normalized spacial score (nSPS) is 11.4. The van der Waals surface area contributed by atoms with Crippen molar-refractivity contribution in [1.29, 1.82) is 0 Å². The third-order valence-electron chi connectivity index (χ3n) is 3.20. The van der Waals surface area contributed by atoms with Gasteiger partial charge in [-0.25, -0.2) is 13.1 Å². The van der Waals surface area contributed by atoms with E-state index < -0.39 is 10.0 Å². The number of carbonyl (C=O) groups is 1. The first-order valence-electron chi connectivity index (χ1n) is 6.90. The van der Waals surface area contributed by atoms with Gasteiger partial charge in [-0.15, -0.1) is 11.3 Å². The van der Waals surface area contributed by atoms with Gasteiger partial charge in [0.15, 0.2) is 0 Å². The van der Waals surface area contributed by atoms with Crippen molar-refractivity contribution in [2.24, 2.45) is 0 Å². The lowest BCUT2D eigenvalue weighted by molar-refractivity contribution is 0.0958. The summed E-state index contributed by atoms with van der Waals surface area (Å²) in [5.74, 6) is -0.201. The Hall–Kier alpha value is -1.41. The maximum Gasteiger partial charge on any atom is 0.261 e. The molecular weight excluding hydrogens is 356 g/mol. The van der Waals surface area contributed by atoms with Crippen molar-refractivity contribution in [3.8, 4) is 0 Å². The van der Waals surface area contributed by atoms with Crippen LogP contribution in [0.4, 0.5) is 0 Å². The minimum atomic E-state index is -3.63. The van der Waals surface area contributed by atoms with Crippen LogP contribution in [0.5, 0.6) is 0 Å². The first kappa shape index (κ1) is 17.9. The molecule has 0 aliphatic heterocycles. The lowest BCUT2D eigenvalue weighted by Crippen LogP contribution is -2.34. The molecule has 124 valence electrons. The van der Waals surface area contributed by atoms with Crippen LogP contribution in [0.2, 0.25) is 5.02 Å². The first-order valence-corrected chi connectivity index (χ1v) is 9.58. The molecule has 0 fully saturated rings. The van der Waals surface area contributed by atoms with E-state index in [0.717, 1.165) is 10.4 Å². The Balaban J connectivity index is 1.86. The Kier molecular flexibility index (Phi) is 5.80. The third kappa shape index (κ3) is 4.78. The number of thiophene rings is 1. The minimum Gasteiger partial charge on any atom is -0.350 e. The van der Waals surface area contributed by atoms with Gasteiger partial charge in [0.25, 0.3) is 5.91 Å². The Morgan fingerprint density at radius 3 is 2.57 bits per heavy atom. The van der Waals surface area contributed by atoms with Gasteiger partial charge in [-0.3, -0.25) is 4.79 Å². The van der Waals surface area contributed by atoms with Gasteiger partial charge < -0.3 is 5.32 Å². The maximum atomic E-state index is 12.1. The molecule has 0 aliphatic rings. The van der Waals surface area contributed by atoms with Crippen molar-refractivity contribution >= 4 is 38.9 Å². The fraction of sp³-hybridized carbons (Fsp3) is 0.267. The molecule has 5 nitrogen and oxygen atoms in total. The minimum absolute atomic E-state index is 0.0980. The average Bonchev–Trinajstić information content (AvgIpc) is 2.83. The Bertz CT molecular complexity index is 796. The third-order valence-corrected chi connectivity index (χ3v) is 6.04. The van der Waals surface area contributed by atoms with Gasteiger partial charge in [0.05, 0.1) is 9.77 Å². The van der Waals surface area contributed by atoms with Crippen molar-refractivity contribution in [2.45, 2.75) is 18.7 Å². The lowest BCUT2D eigenvalue weighted by atomic mass is 10.3. The number of hydrogen-bond acceptors (Lipinski definition) is 4. The van der Waals surface area contributed by atoms with E-state index in [9.17, 15) is 13.2 Å². The molecule has 0 saturated heterocycles. The van der Waals surface area contributed by atoms with Crippen molar-refractivity contribution < 1.29 is 13.2 Å². The zero-order valence-electron chi connectivity index (χ0n) is 12.7. The Morgan fingerprint density at radius 1 is 1.22 bits per heavy atom. The molecule has 2 aromatic rings. The van der Waals surface area contributed by atoms with Gasteiger partial charge >= 0.3 is 0 Å². The van der Waals surface area contributed by atoms with Crippen LogP contribution in [0.3, 0.4) is 0 Å². The highest BCUT2D eigenvalue weighted by molar-refractivity contribution is 7.89. The lowest BCUT2D eigenvalue weighted by Gasteiger charge is -2.08. The maximum absolute atomic E-state index is 12.1. The standard InChI is InChI=1S/C15H17ClN2O3S2/c1-10-8-14(22-11(10)2)15(19)17-6-7-18-23(20,21)13-5-3-4-12(16)9-13/h3-5,8-9,18H,6-7H2,1-2H3,(H,17,19). The van der Waals surface area contributed by atoms with E-state index in [1.54, 1.807) is 12.1 Å². The zero-order valence-corrected chi connectivity index (χ0v) is 15.1. The van der Waals surface area contributed by atoms with Crippen LogP contribution in [0.1, 0.15) is 20.1 Å². The summed E-state index contributed by atoms with van der Waals surface area (Å²) in [6.45, 7) is 4.20. The van der Waals surface area contributed by atoms with Crippen LogP contribution in [-0.2, 0) is 10.0 Å². The molecule has 0 spiro atoms. The van der Waals surface area contributed by atoms with Gasteiger partial charge in [-0.2, -0.15) is 0 Å². The Morgan fingerprint density at radius 2 is 1.96 bits per heavy atom. The van der Waals surface area contributed by atoms with E-state index in [1.165, 1.54) is 23.5 Å². The second-order valence-electron chi connectivity index (χ2n) is 4.96. The summed E-state index contributed by atoms with van der Waals surface area (Å²) in [4.78, 5) is 13.8. The summed E-state index contributed by atoms with van der Waals surface area (Å²) in [6.07, 6.45) is 0. The molecule has 1 aromatic heterocycles. The van der Waals surface area contributed by atoms with Crippen molar-refractivity contribution in [1.82, 2.24) is 10.0 Å². The molecule has 0 saturated carbocycles. The Labute approximate surface area is 144 Å². The van der Waals surface area contributed by atoms with Crippen LogP contribution in [-0.4, -0.2) is 27.4 Å². The number of aryl methyl sites for hydroxylation is 2. The summed E-state index contributed by atoms with van der Waals surface area (Å²) in [7, 11) is -3.63. The number of amides is 1. The van der Waals surface area contributed by atoms with E-state index in [4.69, 9.17) is 11.6 Å². The predicted octanol–water partition coefficient (Wildman–Crippen LogP) is 2.73. The van der Waals surface area contributed by atoms with Gasteiger partial charge in [0.1, 0.15) is 0 Å². The molecule has 0 bridgehead atoms. The quantitative estimate of drug-likeness (QED) is 0.765. The topological polar surface area (TPSA) is 75.3 Å². The number of benzene rings is 1. The van der Waals surface area contributed by atoms with E-state index in [0.29, 0.717) is 9.90 Å². The molecule has 0 aliphatic carbocycles. The van der Waals surface area contributed by atoms with Crippen LogP contribution < -0.4 is 10.0 Å². The van der Waals surface area contributed by atoms with Gasteiger partial charge in [0.2, 0.25) is 10.0 Å². The molecule has 2 N–H and O–H groups in total. The molecule has 1 aromatic carbocycles. The van der Waals surface area contributed by atoms with E-state index >= 15 is 0 Å². The summed E-state index contributed by atoms with van der Waals surface area (Å²) in [5, 5.41) is 3.04. The molecule has 0 unspecified atom stereocenters. The van der Waals surface area contributed by atoms with Gasteiger partial charge in [0, 0.05) is 23.0 Å². The second kappa shape index (κ2) is 7.44. The monoisotopic (exact) mass is 372 g/mol. The SMILES string of the molecule is Cc1cc(C(=O)NCCNS(=O)(=O)c2cccc(Cl)c2)sc1C. The summed E-state index contributed by atoms with van der Waals surface area (Å²) in [6, 6.07) is 7.83. The van der Waals surface area contributed by atoms with Crippen molar-refractivity contribution in [3.63, 3.8) is 0 Å². The van der Waals surface area contributed by atoms with E-state index in [1.807, 2.05) is 19.9 Å². The molecule has 1 amide bonds. The second-order valence-corrected chi connectivity index (χ2v) is 8.42. The number of hydrogen-bond donors (Lipinski definition) is 2. The fourth-order valence-electron chi connectivity index (χ4n) is 1.85. The molecule has 1 heterocycles. The van der Waals surface area contributed by atoms with Crippen LogP contribution in [0.25, 0.3) is 0 Å². The van der Waals surface area contributed by atoms with Crippen molar-refractivity contribution in [2.75, 3.05) is 13.1 Å². The summed E-state index contributed by atoms with van der Waals surface area (Å²) >= 11 is 7.21. The largest absolute Gasteiger partial charge is 0.350 e. The molecule has 0 atom stereocenters. The van der Waals surface area contributed by atoms with E-state index in [2.05, 4.69) is 10.0 Å². The number of carbonyl (C=O) groups excluding carboxylic acids is 1. The predicted molar refractivity (Wildman–Crippen MR) is 92.8 cm³/mol. The molecule has 8 heteroatoms. The molecular formula is C15H17ClN2O3S2. The highest BCUT2D eigenvalue weighted by atomic mass is 35.5. The highest BCUT2D eigenvalue weighted by Gasteiger charge is 2.14. The number of nitrogens with one attached hydrogen (secondary N) is 2. The van der Waals surface area contributed by atoms with E-state index in [-0.39, 0.29) is 23.9 Å². The first-order chi connectivity index (χ1) is 10.8. The van der Waals surface area contributed by atoms with Crippen molar-refractivity contribution in [3.05, 3.63) is 50.7 Å². The molecule has 0 radical (unpaired) electrons. The van der Waals surface area contributed by atoms with Crippen LogP contribution >= 0.6 is 22.9 Å². The molecule has 23 heavy (non-hydrogen) atoms. The van der Waals surface area contributed by atoms with Crippen LogP contribution in [0.15, 0.2) is 35.2 Å². The zero-order chi connectivity index (χ0) is 17.0. The smallest absolute Gasteiger partial charge is 0.261 e. The average molecular weight is 373 g/mol. The van der Waals surface area contributed by atoms with Crippen LogP contribution in [0, 0.1) is 13.8 Å². The number of sulfonamides is 1. The fourth-order valence-corrected chi connectivity index (χ4v) is 4.13. The number of halogens is 1. The molecule has 2 rings (SSSR count). The highest BCUT2D eigenvalue weighted by Crippen LogP contribution is 2.20. The summed E-state index contributed by atoms with van der Waals surface area (Å²) < 4.78 is 26.6. The summed E-state index contributed by atoms with van der Waals surface area (Å²) in [5.41, 5.74) is 1.07. The van der Waals surface area contributed by atoms with Gasteiger partial charge in [-0.05, 0) is 43.7 Å².